The summed E-state index contributed by atoms with van der Waals surface area (Å²) in [5.41, 5.74) is 0. The van der Waals surface area contributed by atoms with Crippen LogP contribution in [0.4, 0.5) is 0 Å². The van der Waals surface area contributed by atoms with Crippen LogP contribution in [-0.4, -0.2) is 44.8 Å². The van der Waals surface area contributed by atoms with Crippen LogP contribution in [0.3, 0.4) is 0 Å². The first-order chi connectivity index (χ1) is 9.60. The molecular weight excluding hydrogens is 250 g/mol. The summed E-state index contributed by atoms with van der Waals surface area (Å²) in [6.45, 7) is 10.00. The van der Waals surface area contributed by atoms with Gasteiger partial charge in [-0.25, -0.2) is 4.98 Å². The van der Waals surface area contributed by atoms with E-state index in [0.717, 1.165) is 31.4 Å². The van der Waals surface area contributed by atoms with Crippen LogP contribution in [0.2, 0.25) is 0 Å². The van der Waals surface area contributed by atoms with E-state index in [2.05, 4.69) is 41.1 Å². The van der Waals surface area contributed by atoms with E-state index in [1.807, 2.05) is 11.7 Å². The van der Waals surface area contributed by atoms with Crippen LogP contribution in [-0.2, 0) is 13.6 Å². The van der Waals surface area contributed by atoms with E-state index < -0.39 is 0 Å². The summed E-state index contributed by atoms with van der Waals surface area (Å²) < 4.78 is 1.89. The van der Waals surface area contributed by atoms with Crippen molar-refractivity contribution in [1.82, 2.24) is 25.0 Å². The fraction of sp³-hybridized carbons (Fsp3) is 0.867. The van der Waals surface area contributed by atoms with E-state index in [0.29, 0.717) is 12.1 Å². The van der Waals surface area contributed by atoms with Crippen molar-refractivity contribution >= 4 is 0 Å². The van der Waals surface area contributed by atoms with Gasteiger partial charge in [0.15, 0.2) is 0 Å². The maximum absolute atomic E-state index is 4.38. The lowest BCUT2D eigenvalue weighted by Gasteiger charge is -2.40. The Morgan fingerprint density at radius 1 is 1.45 bits per heavy atom. The molecule has 1 aromatic heterocycles. The Balaban J connectivity index is 2.00. The summed E-state index contributed by atoms with van der Waals surface area (Å²) in [5, 5.41) is 7.91. The molecule has 5 heteroatoms. The van der Waals surface area contributed by atoms with Gasteiger partial charge in [0.2, 0.25) is 0 Å². The highest BCUT2D eigenvalue weighted by atomic mass is 15.3. The molecule has 1 aliphatic rings. The molecule has 1 N–H and O–H groups in total. The monoisotopic (exact) mass is 279 g/mol. The van der Waals surface area contributed by atoms with Crippen molar-refractivity contribution in [1.29, 1.82) is 0 Å². The first-order valence-corrected chi connectivity index (χ1v) is 7.90. The van der Waals surface area contributed by atoms with E-state index in [-0.39, 0.29) is 0 Å². The van der Waals surface area contributed by atoms with Crippen LogP contribution in [0.1, 0.15) is 45.9 Å². The quantitative estimate of drug-likeness (QED) is 0.862. The highest BCUT2D eigenvalue weighted by Gasteiger charge is 2.28. The van der Waals surface area contributed by atoms with Crippen LogP contribution in [0, 0.1) is 5.92 Å². The molecule has 1 saturated heterocycles. The zero-order valence-electron chi connectivity index (χ0n) is 13.3. The Kier molecular flexibility index (Phi) is 5.54. The molecule has 0 spiro atoms. The van der Waals surface area contributed by atoms with Gasteiger partial charge in [0, 0.05) is 32.2 Å². The molecule has 114 valence electrons. The zero-order chi connectivity index (χ0) is 14.5. The minimum absolute atomic E-state index is 0.608. The van der Waals surface area contributed by atoms with Crippen molar-refractivity contribution in [2.75, 3.05) is 13.1 Å². The van der Waals surface area contributed by atoms with Gasteiger partial charge in [-0.05, 0) is 18.8 Å². The number of rotatable bonds is 6. The molecule has 0 aliphatic carbocycles. The standard InChI is InChI=1S/C15H29N5/c1-5-6-14-8-16-13(7-12(2)3)9-20(14)10-15-17-11-18-19(15)4/h11-14,16H,5-10H2,1-4H3. The molecule has 2 atom stereocenters. The smallest absolute Gasteiger partial charge is 0.140 e. The average Bonchev–Trinajstić information content (AvgIpc) is 2.78. The molecule has 1 fully saturated rings. The molecule has 2 heterocycles. The molecular formula is C15H29N5. The van der Waals surface area contributed by atoms with Crippen molar-refractivity contribution in [3.63, 3.8) is 0 Å². The number of hydrogen-bond donors (Lipinski definition) is 1. The van der Waals surface area contributed by atoms with Gasteiger partial charge in [-0.3, -0.25) is 9.58 Å². The Labute approximate surface area is 122 Å². The number of nitrogens with one attached hydrogen (secondary N) is 1. The van der Waals surface area contributed by atoms with E-state index in [1.54, 1.807) is 6.33 Å². The Bertz CT molecular complexity index is 401. The fourth-order valence-corrected chi connectivity index (χ4v) is 3.11. The molecule has 2 unspecified atom stereocenters. The molecule has 0 saturated carbocycles. The maximum Gasteiger partial charge on any atom is 0.140 e. The number of nitrogens with zero attached hydrogens (tertiary/aromatic N) is 4. The number of hydrogen-bond acceptors (Lipinski definition) is 4. The van der Waals surface area contributed by atoms with Gasteiger partial charge in [-0.2, -0.15) is 5.10 Å². The first kappa shape index (κ1) is 15.4. The average molecular weight is 279 g/mol. The SMILES string of the molecule is CCCC1CNC(CC(C)C)CN1Cc1ncnn1C. The molecule has 2 rings (SSSR count). The van der Waals surface area contributed by atoms with Gasteiger partial charge in [0.05, 0.1) is 6.54 Å². The predicted molar refractivity (Wildman–Crippen MR) is 81.4 cm³/mol. The largest absolute Gasteiger partial charge is 0.311 e. The van der Waals surface area contributed by atoms with Crippen LogP contribution >= 0.6 is 0 Å². The lowest BCUT2D eigenvalue weighted by molar-refractivity contribution is 0.103. The summed E-state index contributed by atoms with van der Waals surface area (Å²) in [4.78, 5) is 6.97. The van der Waals surface area contributed by atoms with E-state index in [9.17, 15) is 0 Å². The first-order valence-electron chi connectivity index (χ1n) is 7.90. The molecule has 5 nitrogen and oxygen atoms in total. The van der Waals surface area contributed by atoms with E-state index in [1.165, 1.54) is 19.3 Å². The normalized spacial score (nSPS) is 24.4. The second-order valence-corrected chi connectivity index (χ2v) is 6.41. The van der Waals surface area contributed by atoms with Crippen LogP contribution in [0.15, 0.2) is 6.33 Å². The second-order valence-electron chi connectivity index (χ2n) is 6.41. The van der Waals surface area contributed by atoms with Crippen molar-refractivity contribution in [3.8, 4) is 0 Å². The number of piperazine rings is 1. The lowest BCUT2D eigenvalue weighted by atomic mass is 9.98. The third kappa shape index (κ3) is 4.03. The van der Waals surface area contributed by atoms with Crippen LogP contribution in [0.5, 0.6) is 0 Å². The molecule has 0 bridgehead atoms. The maximum atomic E-state index is 4.38. The van der Waals surface area contributed by atoms with Crippen molar-refractivity contribution in [2.45, 2.75) is 58.7 Å². The highest BCUT2D eigenvalue weighted by molar-refractivity contribution is 4.91. The Morgan fingerprint density at radius 3 is 2.85 bits per heavy atom. The minimum atomic E-state index is 0.608. The number of aryl methyl sites for hydroxylation is 1. The second kappa shape index (κ2) is 7.18. The van der Waals surface area contributed by atoms with Gasteiger partial charge in [-0.15, -0.1) is 0 Å². The minimum Gasteiger partial charge on any atom is -0.311 e. The Hall–Kier alpha value is -0.940. The molecule has 0 aromatic carbocycles. The van der Waals surface area contributed by atoms with Crippen LogP contribution in [0.25, 0.3) is 0 Å². The third-order valence-electron chi connectivity index (χ3n) is 4.14. The van der Waals surface area contributed by atoms with Gasteiger partial charge in [-0.1, -0.05) is 27.2 Å². The highest BCUT2D eigenvalue weighted by Crippen LogP contribution is 2.18. The van der Waals surface area contributed by atoms with Gasteiger partial charge in [0.1, 0.15) is 12.2 Å². The van der Waals surface area contributed by atoms with Gasteiger partial charge < -0.3 is 5.32 Å². The predicted octanol–water partition coefficient (Wildman–Crippen LogP) is 1.80. The summed E-state index contributed by atoms with van der Waals surface area (Å²) in [5.74, 6) is 1.81. The lowest BCUT2D eigenvalue weighted by Crippen LogP contribution is -2.56. The summed E-state index contributed by atoms with van der Waals surface area (Å²) in [6.07, 6.45) is 5.38. The molecule has 20 heavy (non-hydrogen) atoms. The van der Waals surface area contributed by atoms with Crippen LogP contribution < -0.4 is 5.32 Å². The van der Waals surface area contributed by atoms with E-state index >= 15 is 0 Å². The number of aromatic nitrogens is 3. The zero-order valence-corrected chi connectivity index (χ0v) is 13.3. The molecule has 1 aromatic rings. The van der Waals surface area contributed by atoms with Crippen molar-refractivity contribution in [2.24, 2.45) is 13.0 Å². The fourth-order valence-electron chi connectivity index (χ4n) is 3.11. The molecule has 0 amide bonds. The molecule has 1 aliphatic heterocycles. The van der Waals surface area contributed by atoms with Crippen molar-refractivity contribution < 1.29 is 0 Å². The van der Waals surface area contributed by atoms with Crippen molar-refractivity contribution in [3.05, 3.63) is 12.2 Å². The topological polar surface area (TPSA) is 46.0 Å². The van der Waals surface area contributed by atoms with Gasteiger partial charge in [0.25, 0.3) is 0 Å². The summed E-state index contributed by atoms with van der Waals surface area (Å²) in [6, 6.07) is 1.23. The van der Waals surface area contributed by atoms with E-state index in [4.69, 9.17) is 0 Å². The Morgan fingerprint density at radius 2 is 2.25 bits per heavy atom. The third-order valence-corrected chi connectivity index (χ3v) is 4.14. The summed E-state index contributed by atoms with van der Waals surface area (Å²) >= 11 is 0. The van der Waals surface area contributed by atoms with Gasteiger partial charge >= 0.3 is 0 Å². The molecule has 0 radical (unpaired) electrons. The summed E-state index contributed by atoms with van der Waals surface area (Å²) in [7, 11) is 1.98.